The molecule has 0 unspecified atom stereocenters. The molecule has 2 aromatic heterocycles. The number of anilines is 1. The number of hydrogen-bond acceptors (Lipinski definition) is 5. The third-order valence-electron chi connectivity index (χ3n) is 2.48. The molecule has 0 fully saturated rings. The van der Waals surface area contributed by atoms with Crippen molar-refractivity contribution in [2.45, 2.75) is 24.0 Å². The SMILES string of the molecule is CCc1cc(NS(=O)(=O)c2ccc(CC(=O)O)s2)n[nH]1. The summed E-state index contributed by atoms with van der Waals surface area (Å²) in [7, 11) is -3.73. The Kier molecular flexibility index (Phi) is 4.09. The maximum atomic E-state index is 12.1. The normalized spacial score (nSPS) is 11.4. The highest BCUT2D eigenvalue weighted by Gasteiger charge is 2.19. The van der Waals surface area contributed by atoms with Crippen LogP contribution in [0.1, 0.15) is 17.5 Å². The van der Waals surface area contributed by atoms with Crippen molar-refractivity contribution in [1.82, 2.24) is 10.2 Å². The quantitative estimate of drug-likeness (QED) is 0.747. The van der Waals surface area contributed by atoms with Crippen molar-refractivity contribution in [2.24, 2.45) is 0 Å². The summed E-state index contributed by atoms with van der Waals surface area (Å²) in [5.41, 5.74) is 0.820. The highest BCUT2D eigenvalue weighted by Crippen LogP contribution is 2.24. The van der Waals surface area contributed by atoms with Gasteiger partial charge in [0.25, 0.3) is 10.0 Å². The van der Waals surface area contributed by atoms with Crippen molar-refractivity contribution < 1.29 is 18.3 Å². The molecule has 0 atom stereocenters. The molecule has 0 aliphatic carbocycles. The van der Waals surface area contributed by atoms with Crippen LogP contribution in [0.25, 0.3) is 0 Å². The molecule has 3 N–H and O–H groups in total. The summed E-state index contributed by atoms with van der Waals surface area (Å²) in [5, 5.41) is 15.2. The Morgan fingerprint density at radius 3 is 2.85 bits per heavy atom. The molecule has 0 saturated carbocycles. The molecule has 7 nitrogen and oxygen atoms in total. The highest BCUT2D eigenvalue weighted by molar-refractivity contribution is 7.94. The maximum absolute atomic E-state index is 12.1. The summed E-state index contributed by atoms with van der Waals surface area (Å²) < 4.78 is 26.6. The lowest BCUT2D eigenvalue weighted by molar-refractivity contribution is -0.136. The first-order valence-electron chi connectivity index (χ1n) is 5.78. The number of carboxylic acids is 1. The van der Waals surface area contributed by atoms with Crippen molar-refractivity contribution >= 4 is 33.1 Å². The molecule has 0 saturated heterocycles. The fourth-order valence-electron chi connectivity index (χ4n) is 1.53. The van der Waals surface area contributed by atoms with E-state index in [0.717, 1.165) is 23.5 Å². The minimum atomic E-state index is -3.73. The second-order valence-electron chi connectivity index (χ2n) is 4.03. The van der Waals surface area contributed by atoms with Gasteiger partial charge in [0, 0.05) is 16.6 Å². The lowest BCUT2D eigenvalue weighted by Gasteiger charge is -2.01. The van der Waals surface area contributed by atoms with Gasteiger partial charge in [0.2, 0.25) is 0 Å². The van der Waals surface area contributed by atoms with Gasteiger partial charge in [-0.25, -0.2) is 8.42 Å². The predicted molar refractivity (Wildman–Crippen MR) is 74.4 cm³/mol. The summed E-state index contributed by atoms with van der Waals surface area (Å²) in [4.78, 5) is 11.1. The van der Waals surface area contributed by atoms with Crippen molar-refractivity contribution in [3.8, 4) is 0 Å². The second kappa shape index (κ2) is 5.63. The molecule has 20 heavy (non-hydrogen) atoms. The number of aryl methyl sites for hydroxylation is 1. The van der Waals surface area contributed by atoms with Crippen LogP contribution in [-0.4, -0.2) is 29.7 Å². The zero-order valence-electron chi connectivity index (χ0n) is 10.6. The zero-order chi connectivity index (χ0) is 14.8. The highest BCUT2D eigenvalue weighted by atomic mass is 32.2. The van der Waals surface area contributed by atoms with Crippen LogP contribution >= 0.6 is 11.3 Å². The van der Waals surface area contributed by atoms with Gasteiger partial charge in [-0.3, -0.25) is 14.6 Å². The van der Waals surface area contributed by atoms with E-state index in [1.807, 2.05) is 6.92 Å². The third kappa shape index (κ3) is 3.36. The van der Waals surface area contributed by atoms with Crippen LogP contribution in [-0.2, 0) is 27.7 Å². The average molecular weight is 315 g/mol. The van der Waals surface area contributed by atoms with Crippen LogP contribution in [0, 0.1) is 0 Å². The van der Waals surface area contributed by atoms with Gasteiger partial charge in [-0.2, -0.15) is 5.10 Å². The van der Waals surface area contributed by atoms with Crippen LogP contribution in [0.3, 0.4) is 0 Å². The minimum absolute atomic E-state index is 0.0646. The van der Waals surface area contributed by atoms with Gasteiger partial charge >= 0.3 is 5.97 Å². The van der Waals surface area contributed by atoms with Crippen molar-refractivity contribution in [2.75, 3.05) is 4.72 Å². The Balaban J connectivity index is 2.17. The van der Waals surface area contributed by atoms with E-state index in [1.165, 1.54) is 12.1 Å². The summed E-state index contributed by atoms with van der Waals surface area (Å²) in [5.74, 6) is -0.779. The molecule has 0 aromatic carbocycles. The van der Waals surface area contributed by atoms with Gasteiger partial charge in [0.15, 0.2) is 5.82 Å². The van der Waals surface area contributed by atoms with Gasteiger partial charge in [-0.15, -0.1) is 11.3 Å². The standard InChI is InChI=1S/C11H13N3O4S2/c1-2-7-5-9(13-12-7)14-20(17,18)11-4-3-8(19-11)6-10(15)16/h3-5H,2,6H2,1H3,(H,15,16)(H2,12,13,14). The molecule has 0 bridgehead atoms. The number of thiophene rings is 1. The number of hydrogen-bond donors (Lipinski definition) is 3. The molecule has 108 valence electrons. The topological polar surface area (TPSA) is 112 Å². The van der Waals surface area contributed by atoms with E-state index in [9.17, 15) is 13.2 Å². The molecule has 0 amide bonds. The van der Waals surface area contributed by atoms with E-state index >= 15 is 0 Å². The largest absolute Gasteiger partial charge is 0.481 e. The smallest absolute Gasteiger partial charge is 0.308 e. The van der Waals surface area contributed by atoms with E-state index < -0.39 is 16.0 Å². The molecule has 0 aliphatic rings. The Hall–Kier alpha value is -1.87. The molecule has 9 heteroatoms. The number of aromatic nitrogens is 2. The zero-order valence-corrected chi connectivity index (χ0v) is 12.2. The van der Waals surface area contributed by atoms with Crippen molar-refractivity contribution in [3.05, 3.63) is 28.8 Å². The van der Waals surface area contributed by atoms with Gasteiger partial charge in [-0.1, -0.05) is 6.92 Å². The molecule has 2 rings (SSSR count). The summed E-state index contributed by atoms with van der Waals surface area (Å²) in [6, 6.07) is 4.50. The number of carboxylic acid groups (broad SMARTS) is 1. The average Bonchev–Trinajstić information content (AvgIpc) is 2.97. The maximum Gasteiger partial charge on any atom is 0.308 e. The van der Waals surface area contributed by atoms with E-state index in [0.29, 0.717) is 4.88 Å². The third-order valence-corrected chi connectivity index (χ3v) is 5.41. The van der Waals surface area contributed by atoms with E-state index in [2.05, 4.69) is 14.9 Å². The Morgan fingerprint density at radius 1 is 1.50 bits per heavy atom. The van der Waals surface area contributed by atoms with E-state index in [4.69, 9.17) is 5.11 Å². The number of sulfonamides is 1. The number of nitrogens with zero attached hydrogens (tertiary/aromatic N) is 1. The molecular formula is C11H13N3O4S2. The number of nitrogens with one attached hydrogen (secondary N) is 2. The summed E-state index contributed by atoms with van der Waals surface area (Å²) in [6.45, 7) is 1.92. The van der Waals surface area contributed by atoms with E-state index in [-0.39, 0.29) is 16.4 Å². The Morgan fingerprint density at radius 2 is 2.25 bits per heavy atom. The van der Waals surface area contributed by atoms with Gasteiger partial charge < -0.3 is 5.11 Å². The first-order valence-corrected chi connectivity index (χ1v) is 8.08. The Labute approximate surface area is 119 Å². The van der Waals surface area contributed by atoms with Gasteiger partial charge in [0.05, 0.1) is 6.42 Å². The first kappa shape index (κ1) is 14.5. The number of aliphatic carboxylic acids is 1. The number of H-pyrrole nitrogens is 1. The second-order valence-corrected chi connectivity index (χ2v) is 7.11. The predicted octanol–water partition coefficient (Wildman–Crippen LogP) is 1.46. The number of carbonyl (C=O) groups is 1. The molecule has 2 heterocycles. The summed E-state index contributed by atoms with van der Waals surface area (Å²) >= 11 is 0.931. The minimum Gasteiger partial charge on any atom is -0.481 e. The molecule has 0 aliphatic heterocycles. The lowest BCUT2D eigenvalue weighted by atomic mass is 10.3. The van der Waals surface area contributed by atoms with Crippen molar-refractivity contribution in [1.29, 1.82) is 0 Å². The van der Waals surface area contributed by atoms with Crippen LogP contribution in [0.15, 0.2) is 22.4 Å². The fraction of sp³-hybridized carbons (Fsp3) is 0.273. The Bertz CT molecular complexity index is 718. The lowest BCUT2D eigenvalue weighted by Crippen LogP contribution is -2.11. The fourth-order valence-corrected chi connectivity index (χ4v) is 3.87. The molecule has 0 spiro atoms. The van der Waals surface area contributed by atoms with Gasteiger partial charge in [0.1, 0.15) is 4.21 Å². The van der Waals surface area contributed by atoms with Crippen LogP contribution in [0.2, 0.25) is 0 Å². The summed E-state index contributed by atoms with van der Waals surface area (Å²) in [6.07, 6.45) is 0.527. The van der Waals surface area contributed by atoms with Crippen LogP contribution in [0.4, 0.5) is 5.82 Å². The number of aromatic amines is 1. The van der Waals surface area contributed by atoms with Crippen LogP contribution < -0.4 is 4.72 Å². The van der Waals surface area contributed by atoms with Crippen LogP contribution in [0.5, 0.6) is 0 Å². The number of rotatable bonds is 6. The van der Waals surface area contributed by atoms with Gasteiger partial charge in [-0.05, 0) is 18.6 Å². The molecule has 2 aromatic rings. The van der Waals surface area contributed by atoms with E-state index in [1.54, 1.807) is 6.07 Å². The molecular weight excluding hydrogens is 302 g/mol. The monoisotopic (exact) mass is 315 g/mol. The molecule has 0 radical (unpaired) electrons. The van der Waals surface area contributed by atoms with Crippen molar-refractivity contribution in [3.63, 3.8) is 0 Å². The first-order chi connectivity index (χ1) is 9.40.